The highest BCUT2D eigenvalue weighted by Gasteiger charge is 2.47. The molecule has 0 aliphatic heterocycles. The summed E-state index contributed by atoms with van der Waals surface area (Å²) in [6.07, 6.45) is -4.52. The van der Waals surface area contributed by atoms with Crippen molar-refractivity contribution in [1.29, 1.82) is 0 Å². The predicted octanol–water partition coefficient (Wildman–Crippen LogP) is 9.25. The van der Waals surface area contributed by atoms with Gasteiger partial charge in [0.1, 0.15) is 0 Å². The summed E-state index contributed by atoms with van der Waals surface area (Å²) in [5, 5.41) is 6.06. The molecule has 186 valence electrons. The molecule has 5 heteroatoms. The number of fused-ring (bicyclic) bond motifs is 2. The summed E-state index contributed by atoms with van der Waals surface area (Å²) in [7, 11) is 0. The van der Waals surface area contributed by atoms with Crippen molar-refractivity contribution in [2.75, 3.05) is 0 Å². The number of aryl methyl sites for hydroxylation is 3. The van der Waals surface area contributed by atoms with Crippen LogP contribution in [0.1, 0.15) is 36.2 Å². The van der Waals surface area contributed by atoms with Crippen LogP contribution < -0.4 is 0 Å². The lowest BCUT2D eigenvalue weighted by atomic mass is 9.85. The number of hydrogen-bond donors (Lipinski definition) is 0. The van der Waals surface area contributed by atoms with E-state index in [0.717, 1.165) is 65.8 Å². The van der Waals surface area contributed by atoms with Crippen LogP contribution in [0.15, 0.2) is 60.7 Å². The molecule has 0 saturated heterocycles. The first kappa shape index (κ1) is 23.7. The Morgan fingerprint density at radius 3 is 1.97 bits per heavy atom. The Morgan fingerprint density at radius 2 is 1.27 bits per heavy atom. The minimum atomic E-state index is -4.33. The van der Waals surface area contributed by atoms with Gasteiger partial charge in [0.05, 0.1) is 22.1 Å². The van der Waals surface area contributed by atoms with Gasteiger partial charge in [-0.15, -0.1) is 0 Å². The number of aromatic nitrogens is 2. The molecule has 0 N–H and O–H groups in total. The van der Waals surface area contributed by atoms with E-state index < -0.39 is 11.6 Å². The molecule has 0 amide bonds. The lowest BCUT2D eigenvalue weighted by molar-refractivity contribution is -0.211. The molecule has 0 fully saturated rings. The topological polar surface area (TPSA) is 25.8 Å². The van der Waals surface area contributed by atoms with Crippen LogP contribution in [-0.4, -0.2) is 16.1 Å². The summed E-state index contributed by atoms with van der Waals surface area (Å²) in [6, 6.07) is 20.5. The predicted molar refractivity (Wildman–Crippen MR) is 146 cm³/mol. The molecule has 37 heavy (non-hydrogen) atoms. The molecule has 2 heterocycles. The quantitative estimate of drug-likeness (QED) is 0.180. The van der Waals surface area contributed by atoms with Gasteiger partial charge < -0.3 is 0 Å². The molecule has 6 rings (SSSR count). The number of halogens is 3. The van der Waals surface area contributed by atoms with Gasteiger partial charge in [-0.25, -0.2) is 4.98 Å². The molecule has 0 radical (unpaired) electrons. The molecule has 0 bridgehead atoms. The first-order chi connectivity index (χ1) is 17.4. The Kier molecular flexibility index (Phi) is 5.04. The first-order valence-corrected chi connectivity index (χ1v) is 12.5. The van der Waals surface area contributed by atoms with Gasteiger partial charge in [-0.3, -0.25) is 4.98 Å². The standard InChI is InChI=1S/C32H27F3N2/c1-17-9-18(2)11-20(10-17)27-15-25-24-14-21(16-31(4,5)32(33,34)35)36-26-8-6-7-22(29(24)26)23-12-19(3)13-28(37-27)30(23)25/h6-15H,16H2,1-5H3. The second-order valence-corrected chi connectivity index (χ2v) is 11.1. The summed E-state index contributed by atoms with van der Waals surface area (Å²) >= 11 is 0. The average Bonchev–Trinajstić information content (AvgIpc) is 2.79. The SMILES string of the molecule is Cc1cc(C)cc(-c2cc3c4cc(CC(C)(C)C(F)(F)F)nc5cccc(c6cc(C)cc(n2)c63)c54)c1. The molecule has 0 unspecified atom stereocenters. The van der Waals surface area contributed by atoms with Crippen molar-refractivity contribution in [2.24, 2.45) is 5.41 Å². The Labute approximate surface area is 213 Å². The highest BCUT2D eigenvalue weighted by Crippen LogP contribution is 2.44. The maximum Gasteiger partial charge on any atom is 0.394 e. The zero-order valence-electron chi connectivity index (χ0n) is 21.5. The number of hydrogen-bond acceptors (Lipinski definition) is 2. The van der Waals surface area contributed by atoms with Crippen LogP contribution in [0.2, 0.25) is 0 Å². The summed E-state index contributed by atoms with van der Waals surface area (Å²) < 4.78 is 41.3. The minimum absolute atomic E-state index is 0.192. The van der Waals surface area contributed by atoms with Crippen molar-refractivity contribution < 1.29 is 13.2 Å². The van der Waals surface area contributed by atoms with Crippen molar-refractivity contribution in [3.05, 3.63) is 83.0 Å². The Hall–Kier alpha value is -3.73. The largest absolute Gasteiger partial charge is 0.394 e. The minimum Gasteiger partial charge on any atom is -0.253 e. The number of alkyl halides is 3. The van der Waals surface area contributed by atoms with E-state index in [0.29, 0.717) is 11.2 Å². The van der Waals surface area contributed by atoms with Crippen molar-refractivity contribution in [1.82, 2.24) is 9.97 Å². The van der Waals surface area contributed by atoms with E-state index in [4.69, 9.17) is 9.97 Å². The van der Waals surface area contributed by atoms with Gasteiger partial charge in [-0.2, -0.15) is 13.2 Å². The van der Waals surface area contributed by atoms with Crippen LogP contribution in [0.4, 0.5) is 13.2 Å². The van der Waals surface area contributed by atoms with Gasteiger partial charge in [-0.05, 0) is 84.3 Å². The third-order valence-corrected chi connectivity index (χ3v) is 7.43. The van der Waals surface area contributed by atoms with Gasteiger partial charge in [0.15, 0.2) is 0 Å². The Morgan fingerprint density at radius 1 is 0.649 bits per heavy atom. The molecule has 0 saturated carbocycles. The number of benzene rings is 4. The van der Waals surface area contributed by atoms with Crippen LogP contribution in [0.5, 0.6) is 0 Å². The van der Waals surface area contributed by atoms with E-state index in [1.54, 1.807) is 0 Å². The first-order valence-electron chi connectivity index (χ1n) is 12.5. The lowest BCUT2D eigenvalue weighted by Crippen LogP contribution is -2.34. The van der Waals surface area contributed by atoms with E-state index in [-0.39, 0.29) is 6.42 Å². The van der Waals surface area contributed by atoms with Crippen LogP contribution in [-0.2, 0) is 6.42 Å². The van der Waals surface area contributed by atoms with E-state index in [2.05, 4.69) is 63.2 Å². The van der Waals surface area contributed by atoms with Crippen molar-refractivity contribution in [3.63, 3.8) is 0 Å². The molecular formula is C32H27F3N2. The number of nitrogens with zero attached hydrogens (tertiary/aromatic N) is 2. The monoisotopic (exact) mass is 496 g/mol. The number of pyridine rings is 2. The van der Waals surface area contributed by atoms with E-state index in [1.165, 1.54) is 13.8 Å². The molecule has 6 aromatic rings. The fraction of sp³-hybridized carbons (Fsp3) is 0.250. The molecule has 0 spiro atoms. The van der Waals surface area contributed by atoms with E-state index >= 15 is 0 Å². The molecule has 2 aromatic heterocycles. The van der Waals surface area contributed by atoms with Gasteiger partial charge in [0.2, 0.25) is 0 Å². The zero-order valence-corrected chi connectivity index (χ0v) is 21.5. The smallest absolute Gasteiger partial charge is 0.253 e. The van der Waals surface area contributed by atoms with Gasteiger partial charge in [-0.1, -0.05) is 49.2 Å². The summed E-state index contributed by atoms with van der Waals surface area (Å²) in [6.45, 7) is 8.68. The molecular weight excluding hydrogens is 469 g/mol. The zero-order chi connectivity index (χ0) is 26.3. The molecule has 4 aromatic carbocycles. The lowest BCUT2D eigenvalue weighted by Gasteiger charge is -2.27. The number of rotatable bonds is 3. The summed E-state index contributed by atoms with van der Waals surface area (Å²) in [5.41, 5.74) is 5.46. The maximum absolute atomic E-state index is 13.8. The van der Waals surface area contributed by atoms with E-state index in [1.807, 2.05) is 18.2 Å². The second-order valence-electron chi connectivity index (χ2n) is 11.1. The highest BCUT2D eigenvalue weighted by atomic mass is 19.4. The second kappa shape index (κ2) is 7.88. The normalized spacial score (nSPS) is 13.0. The van der Waals surface area contributed by atoms with Crippen molar-refractivity contribution in [2.45, 2.75) is 47.2 Å². The average molecular weight is 497 g/mol. The molecule has 0 aliphatic rings. The third kappa shape index (κ3) is 3.79. The van der Waals surface area contributed by atoms with Gasteiger partial charge >= 0.3 is 6.18 Å². The summed E-state index contributed by atoms with van der Waals surface area (Å²) in [5.74, 6) is 0. The van der Waals surface area contributed by atoms with Gasteiger partial charge in [0, 0.05) is 28.5 Å². The fourth-order valence-electron chi connectivity index (χ4n) is 5.63. The van der Waals surface area contributed by atoms with Crippen LogP contribution in [0.3, 0.4) is 0 Å². The molecule has 0 aliphatic carbocycles. The molecule has 2 nitrogen and oxygen atoms in total. The highest BCUT2D eigenvalue weighted by molar-refractivity contribution is 6.32. The molecule has 0 atom stereocenters. The van der Waals surface area contributed by atoms with E-state index in [9.17, 15) is 13.2 Å². The third-order valence-electron chi connectivity index (χ3n) is 7.43. The summed E-state index contributed by atoms with van der Waals surface area (Å²) in [4.78, 5) is 9.80. The van der Waals surface area contributed by atoms with Gasteiger partial charge in [0.25, 0.3) is 0 Å². The Bertz CT molecular complexity index is 1830. The van der Waals surface area contributed by atoms with Crippen molar-refractivity contribution >= 4 is 43.4 Å². The van der Waals surface area contributed by atoms with Crippen molar-refractivity contribution in [3.8, 4) is 11.3 Å². The van der Waals surface area contributed by atoms with Crippen LogP contribution >= 0.6 is 0 Å². The van der Waals surface area contributed by atoms with Crippen LogP contribution in [0.25, 0.3) is 54.6 Å². The van der Waals surface area contributed by atoms with Crippen LogP contribution in [0, 0.1) is 26.2 Å². The maximum atomic E-state index is 13.8. The fourth-order valence-corrected chi connectivity index (χ4v) is 5.63. The Balaban J connectivity index is 1.75.